The van der Waals surface area contributed by atoms with Gasteiger partial charge in [0.1, 0.15) is 5.75 Å². The van der Waals surface area contributed by atoms with Gasteiger partial charge in [0, 0.05) is 6.54 Å². The number of benzene rings is 1. The Balaban J connectivity index is 2.83. The van der Waals surface area contributed by atoms with Crippen molar-refractivity contribution >= 4 is 5.91 Å². The van der Waals surface area contributed by atoms with Crippen LogP contribution in [0.15, 0.2) is 18.2 Å². The third-order valence-corrected chi connectivity index (χ3v) is 2.89. The van der Waals surface area contributed by atoms with Crippen LogP contribution in [0.5, 0.6) is 5.75 Å². The lowest BCUT2D eigenvalue weighted by Crippen LogP contribution is -2.30. The number of amides is 1. The lowest BCUT2D eigenvalue weighted by Gasteiger charge is -2.14. The summed E-state index contributed by atoms with van der Waals surface area (Å²) in [5.41, 5.74) is 7.56. The topological polar surface area (TPSA) is 64.4 Å². The quantitative estimate of drug-likeness (QED) is 0.772. The van der Waals surface area contributed by atoms with Crippen LogP contribution in [-0.2, 0) is 17.8 Å². The molecule has 3 N–H and O–H groups in total. The minimum Gasteiger partial charge on any atom is -0.496 e. The maximum absolute atomic E-state index is 11.2. The molecule has 0 aliphatic rings. The molecule has 1 aromatic rings. The van der Waals surface area contributed by atoms with Gasteiger partial charge in [0.15, 0.2) is 0 Å². The number of carbonyl (C=O) groups excluding carboxylic acids is 1. The lowest BCUT2D eigenvalue weighted by molar-refractivity contribution is -0.119. The second-order valence-corrected chi connectivity index (χ2v) is 4.18. The normalized spacial score (nSPS) is 10.2. The maximum atomic E-state index is 11.2. The summed E-state index contributed by atoms with van der Waals surface area (Å²) in [4.78, 5) is 11.2. The van der Waals surface area contributed by atoms with Crippen molar-refractivity contribution in [2.75, 3.05) is 13.7 Å². The number of nitrogens with two attached hydrogens (primary N) is 1. The van der Waals surface area contributed by atoms with Crippen LogP contribution in [0, 0.1) is 0 Å². The predicted octanol–water partition coefficient (Wildman–Crippen LogP) is 1.61. The van der Waals surface area contributed by atoms with E-state index in [4.69, 9.17) is 10.5 Å². The average Bonchev–Trinajstić information content (AvgIpc) is 2.42. The second-order valence-electron chi connectivity index (χ2n) is 4.18. The van der Waals surface area contributed by atoms with E-state index in [1.807, 2.05) is 18.2 Å². The van der Waals surface area contributed by atoms with Crippen LogP contribution in [0.1, 0.15) is 30.9 Å². The fraction of sp³-hybridized carbons (Fsp3) is 0.500. The molecule has 0 saturated carbocycles. The molecule has 0 fully saturated rings. The van der Waals surface area contributed by atoms with E-state index in [0.717, 1.165) is 30.6 Å². The van der Waals surface area contributed by atoms with Crippen LogP contribution in [-0.4, -0.2) is 19.6 Å². The smallest absolute Gasteiger partial charge is 0.234 e. The van der Waals surface area contributed by atoms with Crippen molar-refractivity contribution in [2.45, 2.75) is 32.7 Å². The zero-order chi connectivity index (χ0) is 13.4. The van der Waals surface area contributed by atoms with Gasteiger partial charge in [0.2, 0.25) is 5.91 Å². The molecule has 1 amide bonds. The standard InChI is InChI=1S/C14H22N2O2/c1-3-4-7-12-11(10-16-14(17)9-15)6-5-8-13(12)18-2/h5-6,8H,3-4,7,9-10,15H2,1-2H3,(H,16,17). The van der Waals surface area contributed by atoms with E-state index in [1.54, 1.807) is 7.11 Å². The van der Waals surface area contributed by atoms with Gasteiger partial charge in [-0.05, 0) is 30.0 Å². The first-order valence-corrected chi connectivity index (χ1v) is 6.34. The maximum Gasteiger partial charge on any atom is 0.234 e. The Morgan fingerprint density at radius 1 is 1.44 bits per heavy atom. The van der Waals surface area contributed by atoms with E-state index in [2.05, 4.69) is 12.2 Å². The molecule has 0 atom stereocenters. The molecule has 4 nitrogen and oxygen atoms in total. The van der Waals surface area contributed by atoms with Gasteiger partial charge in [-0.25, -0.2) is 0 Å². The van der Waals surface area contributed by atoms with Gasteiger partial charge >= 0.3 is 0 Å². The highest BCUT2D eigenvalue weighted by atomic mass is 16.5. The van der Waals surface area contributed by atoms with Gasteiger partial charge < -0.3 is 15.8 Å². The van der Waals surface area contributed by atoms with E-state index in [9.17, 15) is 4.79 Å². The number of hydrogen-bond acceptors (Lipinski definition) is 3. The molecule has 0 aliphatic heterocycles. The first kappa shape index (κ1) is 14.5. The molecule has 0 saturated heterocycles. The molecule has 0 unspecified atom stereocenters. The molecule has 0 aromatic heterocycles. The summed E-state index contributed by atoms with van der Waals surface area (Å²) in [6.07, 6.45) is 3.21. The molecule has 0 radical (unpaired) electrons. The summed E-state index contributed by atoms with van der Waals surface area (Å²) in [5, 5.41) is 2.80. The third kappa shape index (κ3) is 4.04. The number of rotatable bonds is 7. The Morgan fingerprint density at radius 2 is 2.22 bits per heavy atom. The second kappa shape index (κ2) is 7.71. The van der Waals surface area contributed by atoms with Crippen LogP contribution < -0.4 is 15.8 Å². The number of hydrogen-bond donors (Lipinski definition) is 2. The molecule has 100 valence electrons. The number of carbonyl (C=O) groups is 1. The summed E-state index contributed by atoms with van der Waals surface area (Å²) in [6.45, 7) is 2.69. The van der Waals surface area contributed by atoms with Crippen LogP contribution in [0.4, 0.5) is 0 Å². The van der Waals surface area contributed by atoms with E-state index in [-0.39, 0.29) is 12.5 Å². The predicted molar refractivity (Wildman–Crippen MR) is 72.5 cm³/mol. The lowest BCUT2D eigenvalue weighted by atomic mass is 10.0. The Hall–Kier alpha value is -1.55. The van der Waals surface area contributed by atoms with Crippen molar-refractivity contribution in [1.29, 1.82) is 0 Å². The first-order chi connectivity index (χ1) is 8.72. The van der Waals surface area contributed by atoms with Crippen molar-refractivity contribution in [3.63, 3.8) is 0 Å². The molecule has 1 rings (SSSR count). The van der Waals surface area contributed by atoms with Gasteiger partial charge in [-0.15, -0.1) is 0 Å². The minimum atomic E-state index is -0.140. The molecule has 0 aliphatic carbocycles. The zero-order valence-electron chi connectivity index (χ0n) is 11.2. The highest BCUT2D eigenvalue weighted by Crippen LogP contribution is 2.24. The summed E-state index contributed by atoms with van der Waals surface area (Å²) in [7, 11) is 1.67. The minimum absolute atomic E-state index is 0.0221. The van der Waals surface area contributed by atoms with E-state index < -0.39 is 0 Å². The van der Waals surface area contributed by atoms with Crippen LogP contribution >= 0.6 is 0 Å². The van der Waals surface area contributed by atoms with Gasteiger partial charge in [-0.2, -0.15) is 0 Å². The highest BCUT2D eigenvalue weighted by molar-refractivity contribution is 5.77. The van der Waals surface area contributed by atoms with Crippen molar-refractivity contribution in [2.24, 2.45) is 5.73 Å². The van der Waals surface area contributed by atoms with Crippen LogP contribution in [0.25, 0.3) is 0 Å². The largest absolute Gasteiger partial charge is 0.496 e. The molecule has 0 heterocycles. The molecule has 4 heteroatoms. The fourth-order valence-corrected chi connectivity index (χ4v) is 1.87. The summed E-state index contributed by atoms with van der Waals surface area (Å²) in [6, 6.07) is 5.92. The summed E-state index contributed by atoms with van der Waals surface area (Å²) >= 11 is 0. The van der Waals surface area contributed by atoms with Crippen molar-refractivity contribution in [3.05, 3.63) is 29.3 Å². The van der Waals surface area contributed by atoms with E-state index in [1.165, 1.54) is 5.56 Å². The molecule has 0 bridgehead atoms. The molecular weight excluding hydrogens is 228 g/mol. The Morgan fingerprint density at radius 3 is 2.83 bits per heavy atom. The Labute approximate surface area is 109 Å². The number of ether oxygens (including phenoxy) is 1. The van der Waals surface area contributed by atoms with E-state index in [0.29, 0.717) is 6.54 Å². The number of unbranched alkanes of at least 4 members (excludes halogenated alkanes) is 1. The first-order valence-electron chi connectivity index (χ1n) is 6.34. The van der Waals surface area contributed by atoms with Gasteiger partial charge in [-0.1, -0.05) is 25.5 Å². The van der Waals surface area contributed by atoms with Gasteiger partial charge in [0.05, 0.1) is 13.7 Å². The Bertz CT molecular complexity index is 391. The molecule has 0 spiro atoms. The SMILES string of the molecule is CCCCc1c(CNC(=O)CN)cccc1OC. The van der Waals surface area contributed by atoms with E-state index >= 15 is 0 Å². The fourth-order valence-electron chi connectivity index (χ4n) is 1.87. The summed E-state index contributed by atoms with van der Waals surface area (Å²) in [5.74, 6) is 0.752. The Kier molecular flexibility index (Phi) is 6.22. The van der Waals surface area contributed by atoms with Crippen molar-refractivity contribution in [3.8, 4) is 5.75 Å². The highest BCUT2D eigenvalue weighted by Gasteiger charge is 2.09. The van der Waals surface area contributed by atoms with Crippen LogP contribution in [0.2, 0.25) is 0 Å². The third-order valence-electron chi connectivity index (χ3n) is 2.89. The van der Waals surface area contributed by atoms with Crippen LogP contribution in [0.3, 0.4) is 0 Å². The molecule has 18 heavy (non-hydrogen) atoms. The molecule has 1 aromatic carbocycles. The number of methoxy groups -OCH3 is 1. The van der Waals surface area contributed by atoms with Crippen molar-refractivity contribution < 1.29 is 9.53 Å². The van der Waals surface area contributed by atoms with Gasteiger partial charge in [-0.3, -0.25) is 4.79 Å². The molecular formula is C14H22N2O2. The average molecular weight is 250 g/mol. The van der Waals surface area contributed by atoms with Gasteiger partial charge in [0.25, 0.3) is 0 Å². The summed E-state index contributed by atoms with van der Waals surface area (Å²) < 4.78 is 5.38. The van der Waals surface area contributed by atoms with Crippen molar-refractivity contribution in [1.82, 2.24) is 5.32 Å². The number of nitrogens with one attached hydrogen (secondary N) is 1. The zero-order valence-corrected chi connectivity index (χ0v) is 11.2. The monoisotopic (exact) mass is 250 g/mol.